The molecule has 8 aromatic heterocycles. The van der Waals surface area contributed by atoms with Crippen LogP contribution >= 0.6 is 23.2 Å². The number of aromatic amines is 2. The van der Waals surface area contributed by atoms with E-state index in [1.807, 2.05) is 133 Å². The summed E-state index contributed by atoms with van der Waals surface area (Å²) in [5.74, 6) is 0.682. The second-order valence-electron chi connectivity index (χ2n) is 42.9. The van der Waals surface area contributed by atoms with Crippen LogP contribution in [0.4, 0.5) is 13.2 Å². The van der Waals surface area contributed by atoms with Crippen molar-refractivity contribution >= 4 is 110 Å². The summed E-state index contributed by atoms with van der Waals surface area (Å²) >= 11 is 12.5. The molecule has 1 aliphatic rings. The van der Waals surface area contributed by atoms with Crippen LogP contribution in [0.5, 0.6) is 11.8 Å². The third-order valence-corrected chi connectivity index (χ3v) is 24.2. The molecule has 8 aromatic carbocycles. The fourth-order valence-corrected chi connectivity index (χ4v) is 18.6. The molecular weight excluding hydrogens is 1600 g/mol. The highest BCUT2D eigenvalue weighted by Gasteiger charge is 2.32. The third kappa shape index (κ3) is 21.3. The van der Waals surface area contributed by atoms with Crippen molar-refractivity contribution < 1.29 is 23.4 Å². The van der Waals surface area contributed by atoms with E-state index < -0.39 is 0 Å². The van der Waals surface area contributed by atoms with Crippen molar-refractivity contribution in [1.29, 1.82) is 0 Å². The molecule has 0 aliphatic heterocycles. The molecule has 4 N–H and O–H groups in total. The third-order valence-electron chi connectivity index (χ3n) is 23.6. The van der Waals surface area contributed by atoms with Crippen LogP contribution in [0, 0.1) is 38.2 Å². The molecule has 0 spiro atoms. The van der Waals surface area contributed by atoms with E-state index in [-0.39, 0.29) is 66.7 Å². The number of halogens is 5. The SMILES string of the molecule is CC(C)(C)c1ccc(F)c2cnn(C3CC3)c12.Cc1[nH]nc2ccc(C(C)C)c(C(C)(C)C)c12.Cc1ccc2c(Cl)cn(C)c2c1C(C)(C)C.Cc1ccc2cc(O)[nH]c2c1C(C)(C)C.Cn1c(O)cc2cccc(C(C)(C)C)c21.Cn1cc(F)c2cccc(C(C)(C)C)c21.Cn1ccc2ccc(Cl)c(C(C)(C)C)c21.Cn1ccc2ccc(F)c(C(C)(C)C)c21. The maximum Gasteiger partial charge on any atom is 0.191 e. The maximum atomic E-state index is 13.9. The topological polar surface area (TPSA) is 127 Å². The van der Waals surface area contributed by atoms with Crippen molar-refractivity contribution in [2.45, 2.75) is 269 Å². The standard InChI is InChI=1S/C15H22N2.C14H18ClN.C14H17FN2.C13H16ClN.2C13H16FN.2C13H17NO/c1-9(2)11-7-8-12-13(10(3)16-17-12)14(11)15(4,5)6;1-9-6-7-10-11(15)8-16(5)13(10)12(9)14(2,3)4;1-14(2,3)11-6-7-12(15)10-8-16-17(13(10)11)9-4-5-9;2*1-13(2,3)11-10(14)6-5-9-7-8-15(4)12(9)11;1-13(2,3)10-7-5-6-9-11(14)8-15(4)12(9)10;1-8-5-6-9-7-10(15)14-12(9)11(8)13(2,3)4;1-13(2,3)10-7-5-6-9-8-11(15)14(4)12(9)10/h7-9H,1-6H3,(H,16,17);6-8H,1-5H3;6-9H,4-5H2,1-3H3;3*5-8H,1-4H3;5-7,14-15H,1-4H3;5-8,15H,1-4H3. The molecule has 0 amide bonds. The minimum Gasteiger partial charge on any atom is -0.495 e. The van der Waals surface area contributed by atoms with Gasteiger partial charge in [0.15, 0.2) is 11.8 Å². The number of hydrogen-bond donors (Lipinski definition) is 4. The number of aryl methyl sites for hydroxylation is 8. The van der Waals surface area contributed by atoms with Crippen LogP contribution in [-0.4, -0.2) is 58.0 Å². The van der Waals surface area contributed by atoms with Crippen LogP contribution in [0.25, 0.3) is 87.2 Å². The van der Waals surface area contributed by atoms with Gasteiger partial charge in [-0.2, -0.15) is 10.2 Å². The van der Waals surface area contributed by atoms with Crippen LogP contribution in [0.15, 0.2) is 164 Å². The number of hydrogen-bond acceptors (Lipinski definition) is 4. The lowest BCUT2D eigenvalue weighted by Gasteiger charge is -2.26. The molecule has 0 saturated heterocycles. The molecule has 1 saturated carbocycles. The van der Waals surface area contributed by atoms with Crippen molar-refractivity contribution in [3.05, 3.63) is 259 Å². The zero-order valence-corrected chi connectivity index (χ0v) is 82.5. The second kappa shape index (κ2) is 36.3. The molecule has 1 aliphatic carbocycles. The second-order valence-corrected chi connectivity index (χ2v) is 43.7. The summed E-state index contributed by atoms with van der Waals surface area (Å²) in [6, 6.07) is 43.9. The van der Waals surface area contributed by atoms with Crippen molar-refractivity contribution in [1.82, 2.24) is 47.8 Å². The summed E-state index contributed by atoms with van der Waals surface area (Å²) in [7, 11) is 9.86. The van der Waals surface area contributed by atoms with E-state index in [0.717, 1.165) is 83.1 Å². The predicted molar refractivity (Wildman–Crippen MR) is 528 cm³/mol. The van der Waals surface area contributed by atoms with E-state index in [1.165, 1.54) is 83.1 Å². The summed E-state index contributed by atoms with van der Waals surface area (Å²) in [4.78, 5) is 3.03. The van der Waals surface area contributed by atoms with Gasteiger partial charge in [-0.15, -0.1) is 0 Å². The van der Waals surface area contributed by atoms with Gasteiger partial charge in [-0.1, -0.05) is 276 Å². The Balaban J connectivity index is 0.000000149. The quantitative estimate of drug-likeness (QED) is 0.137. The van der Waals surface area contributed by atoms with Gasteiger partial charge in [-0.25, -0.2) is 13.2 Å². The molecule has 125 heavy (non-hydrogen) atoms. The van der Waals surface area contributed by atoms with E-state index in [2.05, 4.69) is 284 Å². The lowest BCUT2D eigenvalue weighted by Crippen LogP contribution is -2.15. The highest BCUT2D eigenvalue weighted by atomic mass is 35.5. The number of aromatic hydroxyl groups is 2. The molecular formula is C108H139Cl2F3N10O2. The number of nitrogens with zero attached hydrogens (tertiary/aromatic N) is 8. The minimum atomic E-state index is -0.171. The Labute approximate surface area is 751 Å². The van der Waals surface area contributed by atoms with Crippen LogP contribution in [-0.2, 0) is 78.6 Å². The number of benzene rings is 8. The average Bonchev–Trinajstić information content (AvgIpc) is 1.85. The first-order chi connectivity index (χ1) is 57.7. The Morgan fingerprint density at radius 3 is 1.46 bits per heavy atom. The van der Waals surface area contributed by atoms with E-state index in [4.69, 9.17) is 23.2 Å². The molecule has 0 unspecified atom stereocenters. The van der Waals surface area contributed by atoms with E-state index >= 15 is 0 Å². The highest BCUT2D eigenvalue weighted by Crippen LogP contribution is 2.45. The molecule has 17 rings (SSSR count). The van der Waals surface area contributed by atoms with Gasteiger partial charge in [0.25, 0.3) is 0 Å². The summed E-state index contributed by atoms with van der Waals surface area (Å²) in [6.07, 6.45) is 11.6. The average molecular weight is 1740 g/mol. The van der Waals surface area contributed by atoms with Crippen LogP contribution in [0.1, 0.15) is 272 Å². The number of H-pyrrole nitrogens is 2. The van der Waals surface area contributed by atoms with Crippen molar-refractivity contribution in [2.75, 3.05) is 0 Å². The number of para-hydroxylation sites is 2. The Kier molecular flexibility index (Phi) is 28.2. The first-order valence-corrected chi connectivity index (χ1v) is 44.6. The number of nitrogens with one attached hydrogen (secondary N) is 2. The molecule has 17 heteroatoms. The Morgan fingerprint density at radius 1 is 0.416 bits per heavy atom. The molecule has 668 valence electrons. The van der Waals surface area contributed by atoms with Gasteiger partial charge in [0, 0.05) is 126 Å². The van der Waals surface area contributed by atoms with Gasteiger partial charge in [0.1, 0.15) is 17.5 Å². The van der Waals surface area contributed by atoms with Gasteiger partial charge < -0.3 is 38.0 Å². The molecule has 0 bridgehead atoms. The Morgan fingerprint density at radius 2 is 0.912 bits per heavy atom. The predicted octanol–water partition coefficient (Wildman–Crippen LogP) is 30.6. The maximum absolute atomic E-state index is 13.9. The first kappa shape index (κ1) is 97.1. The van der Waals surface area contributed by atoms with Crippen LogP contribution in [0.2, 0.25) is 10.0 Å². The number of aromatic nitrogens is 10. The van der Waals surface area contributed by atoms with Gasteiger partial charge in [-0.05, 0) is 187 Å². The molecule has 8 heterocycles. The molecule has 0 radical (unpaired) electrons. The highest BCUT2D eigenvalue weighted by molar-refractivity contribution is 6.35. The fraction of sp³-hybridized carbons (Fsp3) is 0.426. The fourth-order valence-electron chi connectivity index (χ4n) is 17.8. The van der Waals surface area contributed by atoms with E-state index in [9.17, 15) is 23.4 Å². The Hall–Kier alpha value is -10.1. The molecule has 0 atom stereocenters. The zero-order chi connectivity index (χ0) is 93.2. The summed E-state index contributed by atoms with van der Waals surface area (Å²) in [6.45, 7) is 63.2. The minimum absolute atomic E-state index is 0.0125. The lowest BCUT2D eigenvalue weighted by atomic mass is 9.78. The van der Waals surface area contributed by atoms with Crippen molar-refractivity contribution in [3.8, 4) is 11.8 Å². The van der Waals surface area contributed by atoms with Crippen molar-refractivity contribution in [2.24, 2.45) is 35.2 Å². The van der Waals surface area contributed by atoms with Crippen LogP contribution in [0.3, 0.4) is 0 Å². The van der Waals surface area contributed by atoms with Gasteiger partial charge >= 0.3 is 0 Å². The monoisotopic (exact) mass is 1740 g/mol. The molecule has 16 aromatic rings. The summed E-state index contributed by atoms with van der Waals surface area (Å²) in [5.41, 5.74) is 24.2. The largest absolute Gasteiger partial charge is 0.495 e. The van der Waals surface area contributed by atoms with Gasteiger partial charge in [0.2, 0.25) is 0 Å². The van der Waals surface area contributed by atoms with E-state index in [0.29, 0.717) is 28.6 Å². The normalized spacial score (nSPS) is 13.0. The summed E-state index contributed by atoms with van der Waals surface area (Å²) < 4.78 is 53.2. The smallest absolute Gasteiger partial charge is 0.191 e. The van der Waals surface area contributed by atoms with Crippen LogP contribution < -0.4 is 0 Å². The zero-order valence-electron chi connectivity index (χ0n) is 81.0. The first-order valence-electron chi connectivity index (χ1n) is 43.9. The summed E-state index contributed by atoms with van der Waals surface area (Å²) in [5, 5.41) is 41.1. The molecule has 12 nitrogen and oxygen atoms in total. The van der Waals surface area contributed by atoms with Crippen molar-refractivity contribution in [3.63, 3.8) is 0 Å². The number of fused-ring (bicyclic) bond motifs is 8. The lowest BCUT2D eigenvalue weighted by molar-refractivity contribution is 0.434. The van der Waals surface area contributed by atoms with Gasteiger partial charge in [0.05, 0.1) is 66.8 Å². The van der Waals surface area contributed by atoms with E-state index in [1.54, 1.807) is 30.6 Å². The number of rotatable bonds is 2. The molecule has 1 fully saturated rings. The van der Waals surface area contributed by atoms with Gasteiger partial charge in [-0.3, -0.25) is 9.78 Å². The Bertz CT molecular complexity index is 6430.